The average molecular weight is 309 g/mol. The second-order valence-corrected chi connectivity index (χ2v) is 6.35. The second kappa shape index (κ2) is 7.87. The van der Waals surface area contributed by atoms with Gasteiger partial charge in [0.25, 0.3) is 0 Å². The quantitative estimate of drug-likeness (QED) is 0.653. The number of rotatable bonds is 7. The highest BCUT2D eigenvalue weighted by molar-refractivity contribution is 5.75. The molecule has 0 saturated carbocycles. The van der Waals surface area contributed by atoms with E-state index in [4.69, 9.17) is 4.74 Å². The Morgan fingerprint density at radius 1 is 1.17 bits per heavy atom. The lowest BCUT2D eigenvalue weighted by atomic mass is 10.00. The van der Waals surface area contributed by atoms with Crippen LogP contribution in [0.15, 0.2) is 55.1 Å². The van der Waals surface area contributed by atoms with Crippen LogP contribution < -0.4 is 9.64 Å². The van der Waals surface area contributed by atoms with E-state index in [1.807, 2.05) is 6.08 Å². The van der Waals surface area contributed by atoms with Crippen LogP contribution in [0.4, 0.5) is 5.69 Å². The lowest BCUT2D eigenvalue weighted by Gasteiger charge is -2.23. The minimum atomic E-state index is 0.626. The summed E-state index contributed by atoms with van der Waals surface area (Å²) in [7, 11) is 3.86. The third kappa shape index (κ3) is 4.38. The van der Waals surface area contributed by atoms with E-state index in [0.29, 0.717) is 5.92 Å². The Kier molecular flexibility index (Phi) is 5.86. The molecule has 0 aliphatic rings. The van der Waals surface area contributed by atoms with Gasteiger partial charge >= 0.3 is 0 Å². The third-order valence-corrected chi connectivity index (χ3v) is 3.88. The summed E-state index contributed by atoms with van der Waals surface area (Å²) in [5.74, 6) is 1.53. The van der Waals surface area contributed by atoms with E-state index < -0.39 is 0 Å². The number of hydrogen-bond acceptors (Lipinski definition) is 2. The van der Waals surface area contributed by atoms with Crippen molar-refractivity contribution in [3.8, 4) is 16.9 Å². The number of methoxy groups -OCH3 is 1. The summed E-state index contributed by atoms with van der Waals surface area (Å²) in [6, 6.07) is 15.0. The SMILES string of the molecule is C=CCc1cccc(-c2cc(N(C)CC(C)C)ccc2OC)c1. The van der Waals surface area contributed by atoms with Crippen LogP contribution >= 0.6 is 0 Å². The molecule has 122 valence electrons. The first-order valence-electron chi connectivity index (χ1n) is 8.14. The Morgan fingerprint density at radius 2 is 1.96 bits per heavy atom. The van der Waals surface area contributed by atoms with Gasteiger partial charge in [-0.3, -0.25) is 0 Å². The summed E-state index contributed by atoms with van der Waals surface area (Å²) < 4.78 is 5.58. The summed E-state index contributed by atoms with van der Waals surface area (Å²) in [5, 5.41) is 0. The van der Waals surface area contributed by atoms with Crippen molar-refractivity contribution in [2.75, 3.05) is 25.6 Å². The number of benzene rings is 2. The second-order valence-electron chi connectivity index (χ2n) is 6.35. The van der Waals surface area contributed by atoms with Crippen LogP contribution in [-0.4, -0.2) is 20.7 Å². The van der Waals surface area contributed by atoms with Crippen LogP contribution in [0.1, 0.15) is 19.4 Å². The molecule has 2 heteroatoms. The van der Waals surface area contributed by atoms with E-state index in [0.717, 1.165) is 24.3 Å². The summed E-state index contributed by atoms with van der Waals surface area (Å²) in [4.78, 5) is 2.29. The van der Waals surface area contributed by atoms with Crippen molar-refractivity contribution in [1.82, 2.24) is 0 Å². The van der Waals surface area contributed by atoms with Crippen molar-refractivity contribution in [3.63, 3.8) is 0 Å². The van der Waals surface area contributed by atoms with Crippen molar-refractivity contribution in [3.05, 3.63) is 60.7 Å². The molecule has 0 radical (unpaired) electrons. The molecule has 0 bridgehead atoms. The molecule has 0 saturated heterocycles. The van der Waals surface area contributed by atoms with Crippen LogP contribution in [0.5, 0.6) is 5.75 Å². The van der Waals surface area contributed by atoms with Crippen molar-refractivity contribution in [2.24, 2.45) is 5.92 Å². The van der Waals surface area contributed by atoms with E-state index >= 15 is 0 Å². The van der Waals surface area contributed by atoms with Gasteiger partial charge in [-0.1, -0.05) is 44.2 Å². The Labute approximate surface area is 140 Å². The highest BCUT2D eigenvalue weighted by atomic mass is 16.5. The zero-order valence-electron chi connectivity index (χ0n) is 14.7. The molecule has 2 aromatic rings. The van der Waals surface area contributed by atoms with Crippen molar-refractivity contribution >= 4 is 5.69 Å². The summed E-state index contributed by atoms with van der Waals surface area (Å²) in [5.41, 5.74) is 4.79. The molecule has 2 rings (SSSR count). The molecule has 0 heterocycles. The number of anilines is 1. The van der Waals surface area contributed by atoms with Gasteiger partial charge in [0.1, 0.15) is 5.75 Å². The first-order chi connectivity index (χ1) is 11.0. The van der Waals surface area contributed by atoms with Crippen LogP contribution in [0.25, 0.3) is 11.1 Å². The van der Waals surface area contributed by atoms with Crippen LogP contribution in [-0.2, 0) is 6.42 Å². The van der Waals surface area contributed by atoms with E-state index in [9.17, 15) is 0 Å². The van der Waals surface area contributed by atoms with Gasteiger partial charge in [-0.25, -0.2) is 0 Å². The number of hydrogen-bond donors (Lipinski definition) is 0. The molecule has 0 fully saturated rings. The standard InChI is InChI=1S/C21H27NO/c1-6-8-17-9-7-10-18(13-17)20-14-19(11-12-21(20)23-5)22(4)15-16(2)3/h6-7,9-14,16H,1,8,15H2,2-5H3. The zero-order chi connectivity index (χ0) is 16.8. The van der Waals surface area contributed by atoms with Gasteiger partial charge < -0.3 is 9.64 Å². The molecular weight excluding hydrogens is 282 g/mol. The Bertz CT molecular complexity index is 661. The molecule has 23 heavy (non-hydrogen) atoms. The van der Waals surface area contributed by atoms with Crippen molar-refractivity contribution in [2.45, 2.75) is 20.3 Å². The highest BCUT2D eigenvalue weighted by Gasteiger charge is 2.11. The fourth-order valence-corrected chi connectivity index (χ4v) is 2.84. The van der Waals surface area contributed by atoms with Gasteiger partial charge in [-0.2, -0.15) is 0 Å². The summed E-state index contributed by atoms with van der Waals surface area (Å²) >= 11 is 0. The molecular formula is C21H27NO. The molecule has 0 aliphatic carbocycles. The van der Waals surface area contributed by atoms with Gasteiger partial charge in [0.05, 0.1) is 7.11 Å². The fraction of sp³-hybridized carbons (Fsp3) is 0.333. The minimum Gasteiger partial charge on any atom is -0.496 e. The van der Waals surface area contributed by atoms with Crippen LogP contribution in [0.2, 0.25) is 0 Å². The monoisotopic (exact) mass is 309 g/mol. The molecule has 0 N–H and O–H groups in total. The van der Waals surface area contributed by atoms with E-state index in [2.05, 4.69) is 74.8 Å². The van der Waals surface area contributed by atoms with Gasteiger partial charge in [-0.05, 0) is 41.7 Å². The van der Waals surface area contributed by atoms with Gasteiger partial charge in [-0.15, -0.1) is 6.58 Å². The molecule has 0 atom stereocenters. The molecule has 0 spiro atoms. The number of allylic oxidation sites excluding steroid dienone is 1. The van der Waals surface area contributed by atoms with Gasteiger partial charge in [0.2, 0.25) is 0 Å². The molecule has 2 nitrogen and oxygen atoms in total. The van der Waals surface area contributed by atoms with Gasteiger partial charge in [0, 0.05) is 24.8 Å². The maximum absolute atomic E-state index is 5.58. The largest absolute Gasteiger partial charge is 0.496 e. The average Bonchev–Trinajstić information content (AvgIpc) is 2.54. The van der Waals surface area contributed by atoms with Gasteiger partial charge in [0.15, 0.2) is 0 Å². The molecule has 0 unspecified atom stereocenters. The number of ether oxygens (including phenoxy) is 1. The maximum Gasteiger partial charge on any atom is 0.126 e. The highest BCUT2D eigenvalue weighted by Crippen LogP contribution is 2.34. The smallest absolute Gasteiger partial charge is 0.126 e. The predicted molar refractivity (Wildman–Crippen MR) is 100 cm³/mol. The maximum atomic E-state index is 5.58. The van der Waals surface area contributed by atoms with Crippen molar-refractivity contribution < 1.29 is 4.74 Å². The molecule has 0 aromatic heterocycles. The Balaban J connectivity index is 2.43. The van der Waals surface area contributed by atoms with Crippen molar-refractivity contribution in [1.29, 1.82) is 0 Å². The predicted octanol–water partition coefficient (Wildman–Crippen LogP) is 5.18. The van der Waals surface area contributed by atoms with Crippen LogP contribution in [0.3, 0.4) is 0 Å². The van der Waals surface area contributed by atoms with Crippen LogP contribution in [0, 0.1) is 5.92 Å². The van der Waals surface area contributed by atoms with E-state index in [-0.39, 0.29) is 0 Å². The van der Waals surface area contributed by atoms with E-state index in [1.165, 1.54) is 16.8 Å². The third-order valence-electron chi connectivity index (χ3n) is 3.88. The molecule has 0 aliphatic heterocycles. The molecule has 2 aromatic carbocycles. The lowest BCUT2D eigenvalue weighted by molar-refractivity contribution is 0.416. The Morgan fingerprint density at radius 3 is 2.61 bits per heavy atom. The summed E-state index contributed by atoms with van der Waals surface area (Å²) in [6.45, 7) is 9.33. The zero-order valence-corrected chi connectivity index (χ0v) is 14.7. The normalized spacial score (nSPS) is 10.7. The fourth-order valence-electron chi connectivity index (χ4n) is 2.84. The topological polar surface area (TPSA) is 12.5 Å². The first kappa shape index (κ1) is 17.1. The molecule has 0 amide bonds. The summed E-state index contributed by atoms with van der Waals surface area (Å²) in [6.07, 6.45) is 2.81. The number of nitrogens with zero attached hydrogens (tertiary/aromatic N) is 1. The lowest BCUT2D eigenvalue weighted by Crippen LogP contribution is -2.22. The van der Waals surface area contributed by atoms with E-state index in [1.54, 1.807) is 7.11 Å². The first-order valence-corrected chi connectivity index (χ1v) is 8.14. The minimum absolute atomic E-state index is 0.626. The Hall–Kier alpha value is -2.22.